The van der Waals surface area contributed by atoms with Crippen LogP contribution in [-0.2, 0) is 9.59 Å². The zero-order valence-electron chi connectivity index (χ0n) is 16.2. The first-order chi connectivity index (χ1) is 12.8. The molecule has 0 aromatic heterocycles. The molecular weight excluding hydrogens is 458 g/mol. The van der Waals surface area contributed by atoms with Crippen molar-refractivity contribution in [3.63, 3.8) is 0 Å². The van der Waals surface area contributed by atoms with E-state index >= 15 is 0 Å². The first-order valence-corrected chi connectivity index (χ1v) is 11.3. The van der Waals surface area contributed by atoms with Gasteiger partial charge in [0, 0.05) is 0 Å². The van der Waals surface area contributed by atoms with Gasteiger partial charge in [0.2, 0.25) is 0 Å². The van der Waals surface area contributed by atoms with Crippen LogP contribution in [-0.4, -0.2) is 68.7 Å². The summed E-state index contributed by atoms with van der Waals surface area (Å²) in [6.07, 6.45) is 1.94. The zero-order chi connectivity index (χ0) is 19.9. The van der Waals surface area contributed by atoms with Crippen molar-refractivity contribution in [1.29, 1.82) is 0 Å². The molecular formula is C20H23N3O3Te. The Hall–Kier alpha value is -2.10. The number of urea groups is 1. The molecule has 1 aromatic rings. The third-order valence-electron chi connectivity index (χ3n) is 4.77. The fourth-order valence-corrected chi connectivity index (χ4v) is 6.47. The molecule has 1 aromatic carbocycles. The summed E-state index contributed by atoms with van der Waals surface area (Å²) < 4.78 is 2.49. The van der Waals surface area contributed by atoms with Crippen LogP contribution in [0.2, 0.25) is 0 Å². The van der Waals surface area contributed by atoms with Gasteiger partial charge in [0.05, 0.1) is 0 Å². The topological polar surface area (TPSA) is 60.9 Å². The van der Waals surface area contributed by atoms with Gasteiger partial charge in [-0.3, -0.25) is 0 Å². The number of fused-ring (bicyclic) bond motifs is 1. The summed E-state index contributed by atoms with van der Waals surface area (Å²) in [5.74, 6) is -0.998. The molecule has 27 heavy (non-hydrogen) atoms. The Labute approximate surface area is 169 Å². The molecule has 142 valence electrons. The van der Waals surface area contributed by atoms with Crippen molar-refractivity contribution in [2.24, 2.45) is 0 Å². The van der Waals surface area contributed by atoms with E-state index < -0.39 is 38.8 Å². The molecule has 0 aliphatic carbocycles. The van der Waals surface area contributed by atoms with Gasteiger partial charge in [0.25, 0.3) is 0 Å². The van der Waals surface area contributed by atoms with E-state index in [0.717, 1.165) is 13.5 Å². The number of rotatable bonds is 3. The van der Waals surface area contributed by atoms with E-state index in [4.69, 9.17) is 0 Å². The molecule has 0 spiro atoms. The van der Waals surface area contributed by atoms with Gasteiger partial charge in [-0.05, 0) is 0 Å². The molecule has 2 aliphatic heterocycles. The molecule has 0 N–H and O–H groups in total. The number of amides is 4. The second-order valence-electron chi connectivity index (χ2n) is 6.55. The monoisotopic (exact) mass is 483 g/mol. The Morgan fingerprint density at radius 2 is 1.67 bits per heavy atom. The normalized spacial score (nSPS) is 18.7. The number of imide groups is 2. The number of carbonyl (C=O) groups is 3. The molecule has 0 saturated carbocycles. The summed E-state index contributed by atoms with van der Waals surface area (Å²) in [4.78, 5) is 42.3. The summed E-state index contributed by atoms with van der Waals surface area (Å²) in [7, 11) is 2.02. The number of likely N-dealkylation sites (N-methyl/N-ethyl adjacent to an activating group) is 2. The average molecular weight is 481 g/mol. The van der Waals surface area contributed by atoms with Crippen LogP contribution in [0.1, 0.15) is 26.3 Å². The first-order valence-electron chi connectivity index (χ1n) is 8.92. The van der Waals surface area contributed by atoms with Gasteiger partial charge in [0.15, 0.2) is 0 Å². The number of anilines is 1. The fraction of sp³-hybridized carbons (Fsp3) is 0.350. The van der Waals surface area contributed by atoms with Crippen LogP contribution in [0.25, 0.3) is 0 Å². The van der Waals surface area contributed by atoms with Gasteiger partial charge >= 0.3 is 170 Å². The van der Waals surface area contributed by atoms with Gasteiger partial charge in [-0.2, -0.15) is 0 Å². The number of carbonyl (C=O) groups excluding carboxylic acids is 3. The van der Waals surface area contributed by atoms with E-state index in [1.807, 2.05) is 13.1 Å². The van der Waals surface area contributed by atoms with E-state index in [2.05, 4.69) is 30.0 Å². The average Bonchev–Trinajstić information content (AvgIpc) is 2.91. The van der Waals surface area contributed by atoms with Crippen LogP contribution in [0.3, 0.4) is 0 Å². The molecule has 1 saturated heterocycles. The maximum absolute atomic E-state index is 12.8. The van der Waals surface area contributed by atoms with Crippen molar-refractivity contribution in [3.05, 3.63) is 44.7 Å². The summed E-state index contributed by atoms with van der Waals surface area (Å²) in [6.45, 7) is 7.81. The molecule has 2 aliphatic rings. The fourth-order valence-electron chi connectivity index (χ4n) is 3.24. The first kappa shape index (κ1) is 19.7. The number of barbiturate groups is 1. The molecule has 0 bridgehead atoms. The van der Waals surface area contributed by atoms with Crippen LogP contribution < -0.4 is 8.51 Å². The second-order valence-corrected chi connectivity index (χ2v) is 9.59. The number of allylic oxidation sites excluding steroid dienone is 2. The van der Waals surface area contributed by atoms with Crippen LogP contribution in [0.4, 0.5) is 10.5 Å². The number of nitrogens with zero attached hydrogens (tertiary/aromatic N) is 3. The summed E-state index contributed by atoms with van der Waals surface area (Å²) in [5, 5.41) is 0. The predicted molar refractivity (Wildman–Crippen MR) is 106 cm³/mol. The second kappa shape index (κ2) is 7.49. The molecule has 0 unspecified atom stereocenters. The van der Waals surface area contributed by atoms with E-state index in [9.17, 15) is 14.4 Å². The van der Waals surface area contributed by atoms with Gasteiger partial charge < -0.3 is 0 Å². The van der Waals surface area contributed by atoms with E-state index in [1.54, 1.807) is 20.8 Å². The van der Waals surface area contributed by atoms with Crippen molar-refractivity contribution in [2.45, 2.75) is 27.7 Å². The molecule has 2 heterocycles. The number of aryl methyl sites for hydroxylation is 1. The number of hydrogen-bond donors (Lipinski definition) is 0. The van der Waals surface area contributed by atoms with Gasteiger partial charge in [0.1, 0.15) is 0 Å². The van der Waals surface area contributed by atoms with Gasteiger partial charge in [-0.15, -0.1) is 0 Å². The Balaban J connectivity index is 2.02. The van der Waals surface area contributed by atoms with Gasteiger partial charge in [-0.1, -0.05) is 0 Å². The number of benzene rings is 1. The minimum atomic E-state index is -0.590. The van der Waals surface area contributed by atoms with Crippen molar-refractivity contribution < 1.29 is 14.4 Å². The van der Waals surface area contributed by atoms with E-state index in [1.165, 1.54) is 14.9 Å². The van der Waals surface area contributed by atoms with Crippen molar-refractivity contribution in [1.82, 2.24) is 9.80 Å². The SMILES string of the molecule is CCN1C(=O)C(=C(C)C=C2[Te]c3ccc(C)cc3N2C)C(=O)N(CC)C1=O. The Bertz CT molecular complexity index is 876. The Morgan fingerprint density at radius 3 is 2.22 bits per heavy atom. The molecule has 0 atom stereocenters. The third kappa shape index (κ3) is 3.30. The van der Waals surface area contributed by atoms with Crippen LogP contribution in [0, 0.1) is 6.92 Å². The third-order valence-corrected chi connectivity index (χ3v) is 8.10. The van der Waals surface area contributed by atoms with Crippen molar-refractivity contribution >= 4 is 48.1 Å². The Kier molecular flexibility index (Phi) is 5.45. The van der Waals surface area contributed by atoms with Crippen LogP contribution >= 0.6 is 0 Å². The minimum absolute atomic E-state index is 0.0961. The van der Waals surface area contributed by atoms with Crippen molar-refractivity contribution in [2.75, 3.05) is 25.0 Å². The van der Waals surface area contributed by atoms with Crippen LogP contribution in [0.15, 0.2) is 39.2 Å². The van der Waals surface area contributed by atoms with E-state index in [0.29, 0.717) is 5.57 Å². The van der Waals surface area contributed by atoms with Gasteiger partial charge in [-0.25, -0.2) is 0 Å². The summed E-state index contributed by atoms with van der Waals surface area (Å²) >= 11 is -0.590. The van der Waals surface area contributed by atoms with Crippen molar-refractivity contribution in [3.8, 4) is 0 Å². The van der Waals surface area contributed by atoms with E-state index in [-0.39, 0.29) is 18.7 Å². The van der Waals surface area contributed by atoms with Crippen LogP contribution in [0.5, 0.6) is 0 Å². The standard InChI is InChI=1S/C20H23N3O3Te/c1-6-22-18(24)17(19(25)23(7-2)20(22)26)13(4)11-16-21(5)14-10-12(3)8-9-15(14)27-16/h8-11H,6-7H2,1-5H3. The maximum atomic E-state index is 12.8. The molecule has 0 radical (unpaired) electrons. The molecule has 3 rings (SSSR count). The summed E-state index contributed by atoms with van der Waals surface area (Å²) in [6, 6.07) is 5.91. The predicted octanol–water partition coefficient (Wildman–Crippen LogP) is 1.76. The Morgan fingerprint density at radius 1 is 1.07 bits per heavy atom. The molecule has 6 nitrogen and oxygen atoms in total. The number of hydrogen-bond acceptors (Lipinski definition) is 4. The quantitative estimate of drug-likeness (QED) is 0.376. The molecule has 1 fully saturated rings. The molecule has 7 heteroatoms. The summed E-state index contributed by atoms with van der Waals surface area (Å²) in [5.41, 5.74) is 3.12. The molecule has 4 amide bonds. The zero-order valence-corrected chi connectivity index (χ0v) is 18.5.